The van der Waals surface area contributed by atoms with Crippen LogP contribution in [0.5, 0.6) is 0 Å². The average Bonchev–Trinajstić information content (AvgIpc) is 3.11. The van der Waals surface area contributed by atoms with Crippen molar-refractivity contribution in [2.45, 2.75) is 111 Å². The van der Waals surface area contributed by atoms with Crippen LogP contribution in [0, 0.1) is 52.3 Å². The molecule has 8 nitrogen and oxygen atoms in total. The SMILES string of the molecule is CC(C)CCC[C@@H](COS(=O)(=O)O)[C@H]1CC[C@H]2[C@@H]3CC[C@H]4C[C@H](OS(=O)(=O)O)CC[C@]4(C)[C@H]3CC[C@@]12C. The van der Waals surface area contributed by atoms with Crippen LogP contribution in [0.1, 0.15) is 105 Å². The summed E-state index contributed by atoms with van der Waals surface area (Å²) in [4.78, 5) is 0. The second-order valence-corrected chi connectivity index (χ2v) is 15.7. The molecule has 4 aliphatic rings. The zero-order valence-corrected chi connectivity index (χ0v) is 24.6. The van der Waals surface area contributed by atoms with Gasteiger partial charge in [0.05, 0.1) is 12.7 Å². The first-order valence-corrected chi connectivity index (χ1v) is 17.1. The molecule has 0 aromatic carbocycles. The maximum Gasteiger partial charge on any atom is 0.397 e. The summed E-state index contributed by atoms with van der Waals surface area (Å²) in [6.45, 7) is 9.31. The molecular formula is C27H48O8S2. The Kier molecular flexibility index (Phi) is 8.80. The molecule has 0 saturated heterocycles. The first-order valence-electron chi connectivity index (χ1n) is 14.4. The minimum absolute atomic E-state index is 0.0624. The van der Waals surface area contributed by atoms with E-state index in [1.807, 2.05) is 0 Å². The molecule has 0 heterocycles. The number of hydrogen-bond donors (Lipinski definition) is 2. The standard InChI is InChI=1S/C27H48O8S2/c1-18(2)6-5-7-19(17-34-36(28,29)30)23-10-11-24-22-9-8-20-16-21(35-37(31,32)33)12-14-26(20,3)25(22)13-15-27(23,24)4/h18-25H,5-17H2,1-4H3,(H,28,29,30)(H,31,32,33)/t19-,20-,21+,22-,23+,24-,25-,26-,27-/m0/s1. The van der Waals surface area contributed by atoms with E-state index >= 15 is 0 Å². The van der Waals surface area contributed by atoms with Crippen LogP contribution in [-0.4, -0.2) is 38.7 Å². The van der Waals surface area contributed by atoms with E-state index in [9.17, 15) is 25.9 Å². The lowest BCUT2D eigenvalue weighted by atomic mass is 9.44. The average molecular weight is 565 g/mol. The van der Waals surface area contributed by atoms with E-state index in [1.165, 1.54) is 0 Å². The second-order valence-electron chi connectivity index (χ2n) is 13.6. The summed E-state index contributed by atoms with van der Waals surface area (Å²) in [7, 11) is -8.89. The van der Waals surface area contributed by atoms with Gasteiger partial charge in [0.2, 0.25) is 0 Å². The molecule has 0 spiro atoms. The van der Waals surface area contributed by atoms with E-state index in [0.29, 0.717) is 48.3 Å². The summed E-state index contributed by atoms with van der Waals surface area (Å²) in [5, 5.41) is 0. The molecule has 0 aromatic heterocycles. The fourth-order valence-electron chi connectivity index (χ4n) is 9.66. The highest BCUT2D eigenvalue weighted by molar-refractivity contribution is 7.81. The molecule has 216 valence electrons. The molecule has 10 heteroatoms. The van der Waals surface area contributed by atoms with Crippen LogP contribution in [0.3, 0.4) is 0 Å². The zero-order chi connectivity index (χ0) is 27.2. The molecule has 0 unspecified atom stereocenters. The molecule has 4 rings (SSSR count). The van der Waals surface area contributed by atoms with Gasteiger partial charge in [-0.3, -0.25) is 9.11 Å². The van der Waals surface area contributed by atoms with Gasteiger partial charge in [0, 0.05) is 0 Å². The highest BCUT2D eigenvalue weighted by Gasteiger charge is 2.61. The lowest BCUT2D eigenvalue weighted by molar-refractivity contribution is -0.128. The van der Waals surface area contributed by atoms with Gasteiger partial charge < -0.3 is 0 Å². The quantitative estimate of drug-likeness (QED) is 0.305. The normalized spacial score (nSPS) is 41.2. The highest BCUT2D eigenvalue weighted by Crippen LogP contribution is 2.68. The van der Waals surface area contributed by atoms with Crippen LogP contribution in [0.25, 0.3) is 0 Å². The third-order valence-corrected chi connectivity index (χ3v) is 12.3. The van der Waals surface area contributed by atoms with Crippen LogP contribution in [0.2, 0.25) is 0 Å². The Labute approximate surface area is 224 Å². The van der Waals surface area contributed by atoms with Crippen molar-refractivity contribution >= 4 is 20.8 Å². The van der Waals surface area contributed by atoms with Gasteiger partial charge in [0.1, 0.15) is 0 Å². The van der Waals surface area contributed by atoms with Crippen LogP contribution in [-0.2, 0) is 29.2 Å². The maximum absolute atomic E-state index is 11.4. The Balaban J connectivity index is 1.48. The number of fused-ring (bicyclic) bond motifs is 5. The van der Waals surface area contributed by atoms with Gasteiger partial charge in [-0.05, 0) is 116 Å². The molecule has 37 heavy (non-hydrogen) atoms. The highest BCUT2D eigenvalue weighted by atomic mass is 32.3. The molecule has 0 aliphatic heterocycles. The predicted octanol–water partition coefficient (Wildman–Crippen LogP) is 6.10. The monoisotopic (exact) mass is 564 g/mol. The van der Waals surface area contributed by atoms with Gasteiger partial charge in [-0.25, -0.2) is 8.37 Å². The Morgan fingerprint density at radius 2 is 1.51 bits per heavy atom. The van der Waals surface area contributed by atoms with E-state index < -0.39 is 26.9 Å². The van der Waals surface area contributed by atoms with E-state index in [-0.39, 0.29) is 23.4 Å². The molecule has 4 aliphatic carbocycles. The Hall–Kier alpha value is -0.260. The molecule has 2 N–H and O–H groups in total. The molecular weight excluding hydrogens is 516 g/mol. The lowest BCUT2D eigenvalue weighted by Crippen LogP contribution is -2.54. The third kappa shape index (κ3) is 6.56. The van der Waals surface area contributed by atoms with Crippen LogP contribution < -0.4 is 0 Å². The Morgan fingerprint density at radius 1 is 0.838 bits per heavy atom. The maximum atomic E-state index is 11.4. The van der Waals surface area contributed by atoms with Crippen molar-refractivity contribution in [2.24, 2.45) is 52.3 Å². The van der Waals surface area contributed by atoms with Crippen LogP contribution in [0.15, 0.2) is 0 Å². The molecule has 0 amide bonds. The Bertz CT molecular complexity index is 1010. The third-order valence-electron chi connectivity index (χ3n) is 11.3. The summed E-state index contributed by atoms with van der Waals surface area (Å²) in [5.41, 5.74) is 0.298. The zero-order valence-electron chi connectivity index (χ0n) is 23.0. The predicted molar refractivity (Wildman–Crippen MR) is 141 cm³/mol. The van der Waals surface area contributed by atoms with Crippen molar-refractivity contribution in [3.8, 4) is 0 Å². The van der Waals surface area contributed by atoms with E-state index in [2.05, 4.69) is 27.7 Å². The van der Waals surface area contributed by atoms with E-state index in [1.54, 1.807) is 0 Å². The fraction of sp³-hybridized carbons (Fsp3) is 1.00. The second kappa shape index (κ2) is 11.0. The van der Waals surface area contributed by atoms with Gasteiger partial charge in [0.15, 0.2) is 0 Å². The Morgan fingerprint density at radius 3 is 2.16 bits per heavy atom. The fourth-order valence-corrected chi connectivity index (χ4v) is 10.5. The summed E-state index contributed by atoms with van der Waals surface area (Å²) in [6, 6.07) is 0. The van der Waals surface area contributed by atoms with Crippen molar-refractivity contribution < 1.29 is 34.3 Å². The van der Waals surface area contributed by atoms with Crippen molar-refractivity contribution in [3.63, 3.8) is 0 Å². The lowest BCUT2D eigenvalue weighted by Gasteiger charge is -2.61. The molecule has 4 saturated carbocycles. The number of rotatable bonds is 10. The molecule has 0 bridgehead atoms. The topological polar surface area (TPSA) is 127 Å². The molecule has 4 fully saturated rings. The summed E-state index contributed by atoms with van der Waals surface area (Å²) in [6.07, 6.45) is 11.6. The van der Waals surface area contributed by atoms with E-state index in [4.69, 9.17) is 8.37 Å². The largest absolute Gasteiger partial charge is 0.397 e. The minimum atomic E-state index is -4.46. The van der Waals surface area contributed by atoms with Gasteiger partial charge in [0.25, 0.3) is 0 Å². The van der Waals surface area contributed by atoms with Crippen LogP contribution in [0.4, 0.5) is 0 Å². The molecule has 0 radical (unpaired) electrons. The smallest absolute Gasteiger partial charge is 0.264 e. The first-order chi connectivity index (χ1) is 17.1. The molecule has 9 atom stereocenters. The summed E-state index contributed by atoms with van der Waals surface area (Å²) < 4.78 is 73.9. The minimum Gasteiger partial charge on any atom is -0.264 e. The van der Waals surface area contributed by atoms with Crippen molar-refractivity contribution in [1.82, 2.24) is 0 Å². The van der Waals surface area contributed by atoms with Gasteiger partial charge in [-0.15, -0.1) is 0 Å². The van der Waals surface area contributed by atoms with Crippen molar-refractivity contribution in [1.29, 1.82) is 0 Å². The van der Waals surface area contributed by atoms with Gasteiger partial charge in [-0.1, -0.05) is 40.5 Å². The van der Waals surface area contributed by atoms with Gasteiger partial charge >= 0.3 is 20.8 Å². The summed E-state index contributed by atoms with van der Waals surface area (Å²) in [5.74, 6) is 3.33. The van der Waals surface area contributed by atoms with Crippen LogP contribution >= 0.6 is 0 Å². The summed E-state index contributed by atoms with van der Waals surface area (Å²) >= 11 is 0. The van der Waals surface area contributed by atoms with Gasteiger partial charge in [-0.2, -0.15) is 16.8 Å². The first kappa shape index (κ1) is 29.7. The van der Waals surface area contributed by atoms with Crippen molar-refractivity contribution in [2.75, 3.05) is 6.61 Å². The number of hydrogen-bond acceptors (Lipinski definition) is 6. The molecule has 0 aromatic rings. The van der Waals surface area contributed by atoms with E-state index in [0.717, 1.165) is 64.2 Å². The van der Waals surface area contributed by atoms with Crippen molar-refractivity contribution in [3.05, 3.63) is 0 Å².